The van der Waals surface area contributed by atoms with Gasteiger partial charge in [0.1, 0.15) is 0 Å². The summed E-state index contributed by atoms with van der Waals surface area (Å²) in [6.07, 6.45) is 0. The molecule has 1 aliphatic rings. The number of morpholine rings is 1. The van der Waals surface area contributed by atoms with E-state index in [1.54, 1.807) is 24.3 Å². The minimum Gasteiger partial charge on any atom is -0.377 e. The monoisotopic (exact) mass is 276 g/mol. The Morgan fingerprint density at radius 1 is 1.25 bits per heavy atom. The number of carbonyl (C=O) groups excluding carboxylic acids is 2. The fourth-order valence-electron chi connectivity index (χ4n) is 2.29. The molecule has 108 valence electrons. The summed E-state index contributed by atoms with van der Waals surface area (Å²) in [5.74, 6) is -0.133. The highest BCUT2D eigenvalue weighted by Gasteiger charge is 2.34. The molecule has 1 aliphatic heterocycles. The Balaban J connectivity index is 2.14. The molecular weight excluding hydrogens is 256 g/mol. The number of rotatable bonds is 2. The zero-order valence-electron chi connectivity index (χ0n) is 12.1. The molecule has 1 aromatic carbocycles. The summed E-state index contributed by atoms with van der Waals surface area (Å²) in [5.41, 5.74) is 1.01. The van der Waals surface area contributed by atoms with Gasteiger partial charge in [-0.05, 0) is 38.1 Å². The van der Waals surface area contributed by atoms with Crippen LogP contribution < -0.4 is 5.32 Å². The second kappa shape index (κ2) is 5.63. The van der Waals surface area contributed by atoms with Gasteiger partial charge in [0, 0.05) is 24.7 Å². The van der Waals surface area contributed by atoms with E-state index in [2.05, 4.69) is 5.32 Å². The molecule has 0 atom stereocenters. The lowest BCUT2D eigenvalue weighted by atomic mass is 10.0. The van der Waals surface area contributed by atoms with Crippen LogP contribution in [-0.2, 0) is 9.53 Å². The zero-order chi connectivity index (χ0) is 14.8. The summed E-state index contributed by atoms with van der Waals surface area (Å²) in [5, 5.41) is 2.68. The maximum atomic E-state index is 12.5. The molecule has 0 radical (unpaired) electrons. The standard InChI is InChI=1S/C15H20N2O3/c1-11(18)16-13-6-4-12(5-7-13)14(19)17-8-9-20-10-15(17,2)3/h4-7H,8-10H2,1-3H3,(H,16,18). The molecule has 0 bridgehead atoms. The fourth-order valence-corrected chi connectivity index (χ4v) is 2.29. The lowest BCUT2D eigenvalue weighted by Crippen LogP contribution is -2.55. The first-order valence-corrected chi connectivity index (χ1v) is 6.67. The number of nitrogens with zero attached hydrogens (tertiary/aromatic N) is 1. The van der Waals surface area contributed by atoms with Gasteiger partial charge in [0.25, 0.3) is 5.91 Å². The molecule has 0 unspecified atom stereocenters. The van der Waals surface area contributed by atoms with Crippen LogP contribution in [0.15, 0.2) is 24.3 Å². The highest BCUT2D eigenvalue weighted by molar-refractivity contribution is 5.96. The van der Waals surface area contributed by atoms with Crippen LogP contribution in [0.1, 0.15) is 31.1 Å². The van der Waals surface area contributed by atoms with Gasteiger partial charge in [0.2, 0.25) is 5.91 Å². The van der Waals surface area contributed by atoms with Gasteiger partial charge in [-0.2, -0.15) is 0 Å². The third-order valence-electron chi connectivity index (χ3n) is 3.34. The predicted molar refractivity (Wildman–Crippen MR) is 76.7 cm³/mol. The summed E-state index contributed by atoms with van der Waals surface area (Å²) in [4.78, 5) is 25.3. The molecular formula is C15H20N2O3. The first kappa shape index (κ1) is 14.5. The van der Waals surface area contributed by atoms with Crippen LogP contribution in [0.2, 0.25) is 0 Å². The predicted octanol–water partition coefficient (Wildman–Crippen LogP) is 1.90. The largest absolute Gasteiger partial charge is 0.377 e. The number of nitrogens with one attached hydrogen (secondary N) is 1. The van der Waals surface area contributed by atoms with Gasteiger partial charge in [-0.15, -0.1) is 0 Å². The van der Waals surface area contributed by atoms with Crippen molar-refractivity contribution in [2.45, 2.75) is 26.3 Å². The van der Waals surface area contributed by atoms with Crippen LogP contribution in [0.3, 0.4) is 0 Å². The highest BCUT2D eigenvalue weighted by Crippen LogP contribution is 2.22. The molecule has 5 nitrogen and oxygen atoms in total. The maximum Gasteiger partial charge on any atom is 0.254 e. The van der Waals surface area contributed by atoms with E-state index in [4.69, 9.17) is 4.74 Å². The Morgan fingerprint density at radius 2 is 1.90 bits per heavy atom. The summed E-state index contributed by atoms with van der Waals surface area (Å²) >= 11 is 0. The van der Waals surface area contributed by atoms with Crippen LogP contribution >= 0.6 is 0 Å². The Morgan fingerprint density at radius 3 is 2.45 bits per heavy atom. The molecule has 0 saturated carbocycles. The SMILES string of the molecule is CC(=O)Nc1ccc(C(=O)N2CCOCC2(C)C)cc1. The van der Waals surface area contributed by atoms with Gasteiger partial charge in [0.05, 0.1) is 18.8 Å². The fraction of sp³-hybridized carbons (Fsp3) is 0.467. The van der Waals surface area contributed by atoms with Gasteiger partial charge in [-0.3, -0.25) is 9.59 Å². The number of hydrogen-bond donors (Lipinski definition) is 1. The number of hydrogen-bond acceptors (Lipinski definition) is 3. The second-order valence-electron chi connectivity index (χ2n) is 5.58. The summed E-state index contributed by atoms with van der Waals surface area (Å²) in [6.45, 7) is 7.15. The molecule has 2 rings (SSSR count). The van der Waals surface area contributed by atoms with Crippen LogP contribution in [-0.4, -0.2) is 42.0 Å². The Labute approximate surface area is 118 Å². The van der Waals surface area contributed by atoms with E-state index < -0.39 is 0 Å². The molecule has 1 N–H and O–H groups in total. The van der Waals surface area contributed by atoms with Gasteiger partial charge < -0.3 is 15.0 Å². The van der Waals surface area contributed by atoms with Crippen LogP contribution in [0.25, 0.3) is 0 Å². The number of anilines is 1. The van der Waals surface area contributed by atoms with E-state index in [1.807, 2.05) is 18.7 Å². The van der Waals surface area contributed by atoms with E-state index >= 15 is 0 Å². The van der Waals surface area contributed by atoms with Crippen molar-refractivity contribution >= 4 is 17.5 Å². The van der Waals surface area contributed by atoms with E-state index in [0.717, 1.165) is 0 Å². The molecule has 0 aromatic heterocycles. The smallest absolute Gasteiger partial charge is 0.254 e. The number of ether oxygens (including phenoxy) is 1. The molecule has 0 aliphatic carbocycles. The highest BCUT2D eigenvalue weighted by atomic mass is 16.5. The van der Waals surface area contributed by atoms with Crippen molar-refractivity contribution in [2.75, 3.05) is 25.1 Å². The average Bonchev–Trinajstić information content (AvgIpc) is 2.37. The molecule has 0 spiro atoms. The zero-order valence-corrected chi connectivity index (χ0v) is 12.1. The van der Waals surface area contributed by atoms with Gasteiger partial charge >= 0.3 is 0 Å². The van der Waals surface area contributed by atoms with Crippen LogP contribution in [0.4, 0.5) is 5.69 Å². The Bertz CT molecular complexity index is 508. The minimum absolute atomic E-state index is 0.00678. The van der Waals surface area contributed by atoms with Crippen molar-refractivity contribution in [2.24, 2.45) is 0 Å². The van der Waals surface area contributed by atoms with Crippen LogP contribution in [0, 0.1) is 0 Å². The molecule has 2 amide bonds. The maximum absolute atomic E-state index is 12.5. The number of benzene rings is 1. The van der Waals surface area contributed by atoms with Crippen molar-refractivity contribution in [3.05, 3.63) is 29.8 Å². The van der Waals surface area contributed by atoms with Gasteiger partial charge in [0.15, 0.2) is 0 Å². The molecule has 20 heavy (non-hydrogen) atoms. The minimum atomic E-state index is -0.300. The number of amides is 2. The van der Waals surface area contributed by atoms with Crippen molar-refractivity contribution in [1.82, 2.24) is 4.90 Å². The third kappa shape index (κ3) is 3.17. The first-order chi connectivity index (χ1) is 9.40. The van der Waals surface area contributed by atoms with E-state index in [-0.39, 0.29) is 17.4 Å². The molecule has 1 saturated heterocycles. The second-order valence-corrected chi connectivity index (χ2v) is 5.58. The van der Waals surface area contributed by atoms with Crippen LogP contribution in [0.5, 0.6) is 0 Å². The van der Waals surface area contributed by atoms with Gasteiger partial charge in [-0.25, -0.2) is 0 Å². The van der Waals surface area contributed by atoms with E-state index in [1.165, 1.54) is 6.92 Å². The lowest BCUT2D eigenvalue weighted by Gasteiger charge is -2.42. The summed E-state index contributed by atoms with van der Waals surface area (Å²) < 4.78 is 5.42. The first-order valence-electron chi connectivity index (χ1n) is 6.67. The Kier molecular flexibility index (Phi) is 4.09. The quantitative estimate of drug-likeness (QED) is 0.897. The molecule has 1 aromatic rings. The Hall–Kier alpha value is -1.88. The van der Waals surface area contributed by atoms with E-state index in [9.17, 15) is 9.59 Å². The average molecular weight is 276 g/mol. The summed E-state index contributed by atoms with van der Waals surface area (Å²) in [7, 11) is 0. The molecule has 1 fully saturated rings. The van der Waals surface area contributed by atoms with Gasteiger partial charge in [-0.1, -0.05) is 0 Å². The van der Waals surface area contributed by atoms with E-state index in [0.29, 0.717) is 31.0 Å². The molecule has 5 heteroatoms. The topological polar surface area (TPSA) is 58.6 Å². The molecule has 1 heterocycles. The third-order valence-corrected chi connectivity index (χ3v) is 3.34. The summed E-state index contributed by atoms with van der Waals surface area (Å²) in [6, 6.07) is 6.95. The lowest BCUT2D eigenvalue weighted by molar-refractivity contribution is -0.114. The van der Waals surface area contributed by atoms with Crippen molar-refractivity contribution < 1.29 is 14.3 Å². The number of carbonyl (C=O) groups is 2. The van der Waals surface area contributed by atoms with Crippen molar-refractivity contribution in [1.29, 1.82) is 0 Å². The normalized spacial score (nSPS) is 17.6. The van der Waals surface area contributed by atoms with Crippen molar-refractivity contribution in [3.63, 3.8) is 0 Å². The van der Waals surface area contributed by atoms with Crippen molar-refractivity contribution in [3.8, 4) is 0 Å².